The average Bonchev–Trinajstić information content (AvgIpc) is 3.13. The number of aromatic nitrogens is 5. The third kappa shape index (κ3) is 4.29. The van der Waals surface area contributed by atoms with Crippen LogP contribution in [0, 0.1) is 0 Å². The van der Waals surface area contributed by atoms with E-state index in [1.54, 1.807) is 0 Å². The summed E-state index contributed by atoms with van der Waals surface area (Å²) in [5, 5.41) is 12.1. The van der Waals surface area contributed by atoms with Crippen LogP contribution in [0.4, 0.5) is 34.1 Å². The molecule has 0 unspecified atom stereocenters. The smallest absolute Gasteiger partial charge is 0.434 e. The number of alkyl halides is 4. The minimum atomic E-state index is -4.61. The Hall–Kier alpha value is -3.42. The Labute approximate surface area is 183 Å². The van der Waals surface area contributed by atoms with Gasteiger partial charge in [-0.1, -0.05) is 0 Å². The van der Waals surface area contributed by atoms with E-state index in [1.165, 1.54) is 18.3 Å². The number of anilines is 2. The number of nitrogens with one attached hydrogen (secondary N) is 3. The van der Waals surface area contributed by atoms with Crippen molar-refractivity contribution in [2.45, 2.75) is 49.9 Å². The maximum Gasteiger partial charge on any atom is 0.434 e. The fourth-order valence-electron chi connectivity index (χ4n) is 3.47. The van der Waals surface area contributed by atoms with E-state index < -0.39 is 36.3 Å². The molecule has 0 bridgehead atoms. The van der Waals surface area contributed by atoms with Crippen LogP contribution in [0.25, 0.3) is 5.65 Å². The summed E-state index contributed by atoms with van der Waals surface area (Å²) in [7, 11) is 0. The van der Waals surface area contributed by atoms with Crippen LogP contribution in [-0.4, -0.2) is 55.1 Å². The van der Waals surface area contributed by atoms with E-state index >= 15 is 0 Å². The summed E-state index contributed by atoms with van der Waals surface area (Å²) < 4.78 is 65.5. The topological polar surface area (TPSA) is 118 Å². The Morgan fingerprint density at radius 1 is 1.39 bits per heavy atom. The number of alkyl carbamates (subject to hydrolysis) is 1. The molecule has 5 rings (SSSR count). The summed E-state index contributed by atoms with van der Waals surface area (Å²) in [4.78, 5) is 19.5. The minimum Gasteiger partial charge on any atom is -0.441 e. The van der Waals surface area contributed by atoms with Crippen LogP contribution in [0.15, 0.2) is 24.5 Å². The number of nitrogens with zero attached hydrogens (tertiary/aromatic N) is 4. The molecule has 2 fully saturated rings. The van der Waals surface area contributed by atoms with Crippen LogP contribution in [0.3, 0.4) is 0 Å². The molecule has 33 heavy (non-hydrogen) atoms. The summed E-state index contributed by atoms with van der Waals surface area (Å²) in [6.07, 6.45) is -5.30. The first-order valence-corrected chi connectivity index (χ1v) is 10.1. The van der Waals surface area contributed by atoms with E-state index in [0.29, 0.717) is 0 Å². The van der Waals surface area contributed by atoms with Gasteiger partial charge in [-0.25, -0.2) is 19.2 Å². The molecule has 1 aliphatic carbocycles. The van der Waals surface area contributed by atoms with Gasteiger partial charge in [-0.15, -0.1) is 0 Å². The first-order chi connectivity index (χ1) is 15.6. The SMILES string of the molecule is CC1(NC(=O)O[C@H]2CO[C@@H](c3cc(Nc4nccc5nc(C(F)(F)F)cn45)n[nH]3)[C@@H]2F)CC1. The number of aromatic amines is 1. The molecule has 1 saturated carbocycles. The second-order valence-corrected chi connectivity index (χ2v) is 8.28. The molecule has 1 saturated heterocycles. The van der Waals surface area contributed by atoms with Crippen molar-refractivity contribution in [1.82, 2.24) is 29.9 Å². The highest BCUT2D eigenvalue weighted by molar-refractivity contribution is 5.69. The van der Waals surface area contributed by atoms with Gasteiger partial charge in [0.2, 0.25) is 5.95 Å². The van der Waals surface area contributed by atoms with E-state index in [2.05, 4.69) is 30.8 Å². The van der Waals surface area contributed by atoms with E-state index in [4.69, 9.17) is 9.47 Å². The molecule has 3 atom stereocenters. The second kappa shape index (κ2) is 7.57. The zero-order valence-electron chi connectivity index (χ0n) is 17.2. The van der Waals surface area contributed by atoms with Crippen LogP contribution in [0.5, 0.6) is 0 Å². The van der Waals surface area contributed by atoms with Gasteiger partial charge in [-0.2, -0.15) is 18.3 Å². The van der Waals surface area contributed by atoms with Gasteiger partial charge in [-0.05, 0) is 25.8 Å². The standard InChI is InChI=1S/C19H19F4N7O3/c1-18(3-4-18)27-17(31)33-10-8-32-15(14(10)20)9-6-12(29-28-9)26-16-24-5-2-13-25-11(7-30(13)16)19(21,22)23/h2,5-7,10,14-15H,3-4,8H2,1H3,(H,27,31)(H2,24,26,28,29)/t10-,14+,15-/m0/s1. The van der Waals surface area contributed by atoms with E-state index in [0.717, 1.165) is 23.4 Å². The zero-order chi connectivity index (χ0) is 23.4. The van der Waals surface area contributed by atoms with Crippen LogP contribution >= 0.6 is 0 Å². The van der Waals surface area contributed by atoms with Crippen molar-refractivity contribution in [3.05, 3.63) is 35.9 Å². The second-order valence-electron chi connectivity index (χ2n) is 8.28. The summed E-state index contributed by atoms with van der Waals surface area (Å²) in [6.45, 7) is 1.74. The number of rotatable bonds is 5. The maximum atomic E-state index is 14.9. The van der Waals surface area contributed by atoms with Crippen LogP contribution in [0.2, 0.25) is 0 Å². The van der Waals surface area contributed by atoms with Gasteiger partial charge in [0.05, 0.1) is 12.3 Å². The highest BCUT2D eigenvalue weighted by atomic mass is 19.4. The molecule has 14 heteroatoms. The lowest BCUT2D eigenvalue weighted by Crippen LogP contribution is -2.39. The van der Waals surface area contributed by atoms with Gasteiger partial charge in [0.1, 0.15) is 11.8 Å². The van der Waals surface area contributed by atoms with Gasteiger partial charge in [0.25, 0.3) is 0 Å². The fraction of sp³-hybridized carbons (Fsp3) is 0.474. The zero-order valence-corrected chi connectivity index (χ0v) is 17.2. The quantitative estimate of drug-likeness (QED) is 0.491. The molecule has 3 N–H and O–H groups in total. The number of hydrogen-bond acceptors (Lipinski definition) is 7. The lowest BCUT2D eigenvalue weighted by Gasteiger charge is -2.17. The number of imidazole rings is 1. The molecule has 3 aromatic heterocycles. The third-order valence-electron chi connectivity index (χ3n) is 5.56. The number of amides is 1. The minimum absolute atomic E-state index is 0.0316. The van der Waals surface area contributed by atoms with Crippen LogP contribution in [-0.2, 0) is 15.7 Å². The highest BCUT2D eigenvalue weighted by Crippen LogP contribution is 2.36. The summed E-state index contributed by atoms with van der Waals surface area (Å²) in [6, 6.07) is 2.77. The first-order valence-electron chi connectivity index (χ1n) is 10.1. The monoisotopic (exact) mass is 469 g/mol. The number of carbonyl (C=O) groups excluding carboxylic acids is 1. The van der Waals surface area contributed by atoms with Crippen molar-refractivity contribution in [2.75, 3.05) is 11.9 Å². The predicted octanol–water partition coefficient (Wildman–Crippen LogP) is 3.27. The van der Waals surface area contributed by atoms with Crippen molar-refractivity contribution < 1.29 is 31.8 Å². The Balaban J connectivity index is 1.27. The Morgan fingerprint density at radius 3 is 2.91 bits per heavy atom. The number of fused-ring (bicyclic) bond motifs is 1. The van der Waals surface area contributed by atoms with Crippen molar-refractivity contribution >= 4 is 23.5 Å². The Morgan fingerprint density at radius 2 is 2.18 bits per heavy atom. The van der Waals surface area contributed by atoms with Crippen molar-refractivity contribution in [2.24, 2.45) is 0 Å². The van der Waals surface area contributed by atoms with E-state index in [-0.39, 0.29) is 35.3 Å². The number of ether oxygens (including phenoxy) is 2. The summed E-state index contributed by atoms with van der Waals surface area (Å²) in [5.41, 5.74) is -1.05. The Kier molecular flexibility index (Phi) is 4.92. The number of H-pyrrole nitrogens is 1. The largest absolute Gasteiger partial charge is 0.441 e. The fourth-order valence-corrected chi connectivity index (χ4v) is 3.47. The molecule has 0 aromatic carbocycles. The molecule has 4 heterocycles. The third-order valence-corrected chi connectivity index (χ3v) is 5.56. The van der Waals surface area contributed by atoms with Gasteiger partial charge in [-0.3, -0.25) is 9.50 Å². The van der Waals surface area contributed by atoms with Crippen molar-refractivity contribution in [3.8, 4) is 0 Å². The van der Waals surface area contributed by atoms with Gasteiger partial charge < -0.3 is 20.1 Å². The summed E-state index contributed by atoms with van der Waals surface area (Å²) in [5.74, 6) is 0.205. The summed E-state index contributed by atoms with van der Waals surface area (Å²) >= 11 is 0. The molecule has 2 aliphatic rings. The highest BCUT2D eigenvalue weighted by Gasteiger charge is 2.44. The number of halogens is 4. The molecule has 3 aromatic rings. The lowest BCUT2D eigenvalue weighted by molar-refractivity contribution is -0.140. The van der Waals surface area contributed by atoms with Gasteiger partial charge in [0.15, 0.2) is 23.8 Å². The molecule has 0 radical (unpaired) electrons. The predicted molar refractivity (Wildman–Crippen MR) is 104 cm³/mol. The molecule has 0 spiro atoms. The van der Waals surface area contributed by atoms with Crippen molar-refractivity contribution in [1.29, 1.82) is 0 Å². The number of hydrogen-bond donors (Lipinski definition) is 3. The molecular weight excluding hydrogens is 450 g/mol. The lowest BCUT2D eigenvalue weighted by atomic mass is 10.1. The van der Waals surface area contributed by atoms with Crippen molar-refractivity contribution in [3.63, 3.8) is 0 Å². The molecule has 1 amide bonds. The van der Waals surface area contributed by atoms with Crippen LogP contribution in [0.1, 0.15) is 37.3 Å². The average molecular weight is 469 g/mol. The number of carbonyl (C=O) groups is 1. The Bertz CT molecular complexity index is 1190. The maximum absolute atomic E-state index is 14.9. The van der Waals surface area contributed by atoms with E-state index in [1.807, 2.05) is 6.92 Å². The molecular formula is C19H19F4N7O3. The molecule has 1 aliphatic heterocycles. The van der Waals surface area contributed by atoms with Gasteiger partial charge >= 0.3 is 12.3 Å². The van der Waals surface area contributed by atoms with E-state index in [9.17, 15) is 22.4 Å². The molecule has 176 valence electrons. The van der Waals surface area contributed by atoms with Crippen LogP contribution < -0.4 is 10.6 Å². The first kappa shape index (κ1) is 21.4. The molecule has 10 nitrogen and oxygen atoms in total. The normalized spacial score (nSPS) is 24.1. The van der Waals surface area contributed by atoms with Gasteiger partial charge in [0, 0.05) is 24.0 Å².